The van der Waals surface area contributed by atoms with Crippen LogP contribution in [0.5, 0.6) is 5.75 Å². The lowest BCUT2D eigenvalue weighted by atomic mass is 10.2. The molecule has 0 radical (unpaired) electrons. The van der Waals surface area contributed by atoms with Crippen molar-refractivity contribution in [3.63, 3.8) is 0 Å². The quantitative estimate of drug-likeness (QED) is 0.729. The number of phenols is 1. The van der Waals surface area contributed by atoms with Gasteiger partial charge in [-0.3, -0.25) is 4.40 Å². The smallest absolute Gasteiger partial charge is 0.335 e. The summed E-state index contributed by atoms with van der Waals surface area (Å²) in [5.74, 6) is -0.459. The molecule has 19 heavy (non-hydrogen) atoms. The van der Waals surface area contributed by atoms with E-state index >= 15 is 0 Å². The predicted octanol–water partition coefficient (Wildman–Crippen LogP) is 1.80. The first kappa shape index (κ1) is 11.2. The minimum absolute atomic E-state index is 0.0964. The summed E-state index contributed by atoms with van der Waals surface area (Å²) in [5.41, 5.74) is 1.10. The molecule has 6 nitrogen and oxygen atoms in total. The van der Waals surface area contributed by atoms with Crippen molar-refractivity contribution in [2.75, 3.05) is 0 Å². The molecule has 0 atom stereocenters. The number of pyridine rings is 1. The van der Waals surface area contributed by atoms with E-state index in [1.54, 1.807) is 34.9 Å². The van der Waals surface area contributed by atoms with Gasteiger partial charge in [-0.2, -0.15) is 0 Å². The lowest BCUT2D eigenvalue weighted by Crippen LogP contribution is -1.98. The first-order valence-electron chi connectivity index (χ1n) is 5.53. The Morgan fingerprint density at radius 2 is 1.95 bits per heavy atom. The SMILES string of the molecule is O=C(O)c1ccn2c(-c3ccccc3O)nnc2c1. The Hall–Kier alpha value is -2.89. The van der Waals surface area contributed by atoms with E-state index in [0.717, 1.165) is 0 Å². The zero-order valence-corrected chi connectivity index (χ0v) is 9.69. The molecule has 0 amide bonds. The lowest BCUT2D eigenvalue weighted by Gasteiger charge is -2.02. The Kier molecular flexibility index (Phi) is 2.42. The Bertz CT molecular complexity index is 780. The molecule has 0 saturated heterocycles. The van der Waals surface area contributed by atoms with Gasteiger partial charge in [0.15, 0.2) is 11.5 Å². The largest absolute Gasteiger partial charge is 0.507 e. The maximum Gasteiger partial charge on any atom is 0.335 e. The summed E-state index contributed by atoms with van der Waals surface area (Å²) < 4.78 is 1.63. The fraction of sp³-hybridized carbons (Fsp3) is 0. The van der Waals surface area contributed by atoms with Crippen LogP contribution in [0.4, 0.5) is 0 Å². The topological polar surface area (TPSA) is 87.7 Å². The predicted molar refractivity (Wildman–Crippen MR) is 67.0 cm³/mol. The van der Waals surface area contributed by atoms with E-state index in [9.17, 15) is 9.90 Å². The monoisotopic (exact) mass is 255 g/mol. The molecule has 0 aliphatic carbocycles. The standard InChI is InChI=1S/C13H9N3O3/c17-10-4-2-1-3-9(10)12-15-14-11-7-8(13(18)19)5-6-16(11)12/h1-7,17H,(H,18,19). The molecule has 0 aliphatic rings. The number of nitrogens with zero attached hydrogens (tertiary/aromatic N) is 3. The van der Waals surface area contributed by atoms with Gasteiger partial charge in [-0.1, -0.05) is 12.1 Å². The molecular formula is C13H9N3O3. The van der Waals surface area contributed by atoms with Gasteiger partial charge in [-0.25, -0.2) is 4.79 Å². The average molecular weight is 255 g/mol. The van der Waals surface area contributed by atoms with Crippen LogP contribution in [0.3, 0.4) is 0 Å². The molecular weight excluding hydrogens is 246 g/mol. The number of phenolic OH excluding ortho intramolecular Hbond substituents is 1. The highest BCUT2D eigenvalue weighted by Crippen LogP contribution is 2.27. The second-order valence-corrected chi connectivity index (χ2v) is 3.99. The Morgan fingerprint density at radius 3 is 2.68 bits per heavy atom. The number of hydrogen-bond donors (Lipinski definition) is 2. The fourth-order valence-corrected chi connectivity index (χ4v) is 1.87. The van der Waals surface area contributed by atoms with Crippen molar-refractivity contribution in [2.45, 2.75) is 0 Å². The van der Waals surface area contributed by atoms with Gasteiger partial charge in [0.2, 0.25) is 0 Å². The number of carboxylic acids is 1. The molecule has 0 bridgehead atoms. The minimum atomic E-state index is -1.02. The summed E-state index contributed by atoms with van der Waals surface area (Å²) in [7, 11) is 0. The number of fused-ring (bicyclic) bond motifs is 1. The third-order valence-corrected chi connectivity index (χ3v) is 2.80. The van der Waals surface area contributed by atoms with Crippen LogP contribution in [0.15, 0.2) is 42.6 Å². The van der Waals surface area contributed by atoms with Crippen LogP contribution in [-0.2, 0) is 0 Å². The molecule has 0 spiro atoms. The molecule has 0 saturated carbocycles. The van der Waals surface area contributed by atoms with Crippen molar-refractivity contribution in [3.05, 3.63) is 48.2 Å². The highest BCUT2D eigenvalue weighted by atomic mass is 16.4. The van der Waals surface area contributed by atoms with Gasteiger partial charge >= 0.3 is 5.97 Å². The summed E-state index contributed by atoms with van der Waals surface area (Å²) >= 11 is 0. The first-order chi connectivity index (χ1) is 9.16. The molecule has 6 heteroatoms. The zero-order chi connectivity index (χ0) is 13.4. The molecule has 94 valence electrons. The van der Waals surface area contributed by atoms with Crippen molar-refractivity contribution < 1.29 is 15.0 Å². The summed E-state index contributed by atoms with van der Waals surface area (Å²) in [5, 5.41) is 26.6. The van der Waals surface area contributed by atoms with E-state index in [1.807, 2.05) is 0 Å². The van der Waals surface area contributed by atoms with Crippen molar-refractivity contribution in [1.82, 2.24) is 14.6 Å². The van der Waals surface area contributed by atoms with Gasteiger partial charge in [0, 0.05) is 6.20 Å². The molecule has 2 aromatic heterocycles. The second kappa shape index (κ2) is 4.09. The van der Waals surface area contributed by atoms with Crippen LogP contribution in [-0.4, -0.2) is 30.8 Å². The Labute approximate surface area is 107 Å². The van der Waals surface area contributed by atoms with E-state index in [0.29, 0.717) is 17.0 Å². The van der Waals surface area contributed by atoms with E-state index in [-0.39, 0.29) is 11.3 Å². The second-order valence-electron chi connectivity index (χ2n) is 3.99. The highest BCUT2D eigenvalue weighted by Gasteiger charge is 2.13. The van der Waals surface area contributed by atoms with Gasteiger partial charge in [0.25, 0.3) is 0 Å². The fourth-order valence-electron chi connectivity index (χ4n) is 1.87. The van der Waals surface area contributed by atoms with Crippen molar-refractivity contribution in [1.29, 1.82) is 0 Å². The molecule has 3 aromatic rings. The Morgan fingerprint density at radius 1 is 1.16 bits per heavy atom. The third-order valence-electron chi connectivity index (χ3n) is 2.80. The minimum Gasteiger partial charge on any atom is -0.507 e. The van der Waals surface area contributed by atoms with Gasteiger partial charge in [-0.15, -0.1) is 10.2 Å². The summed E-state index contributed by atoms with van der Waals surface area (Å²) in [6.45, 7) is 0. The van der Waals surface area contributed by atoms with Crippen molar-refractivity contribution >= 4 is 11.6 Å². The number of aromatic nitrogens is 3. The van der Waals surface area contributed by atoms with Crippen LogP contribution >= 0.6 is 0 Å². The zero-order valence-electron chi connectivity index (χ0n) is 9.69. The third kappa shape index (κ3) is 1.79. The van der Waals surface area contributed by atoms with Gasteiger partial charge < -0.3 is 10.2 Å². The Balaban J connectivity index is 2.22. The molecule has 1 aromatic carbocycles. The number of carboxylic acid groups (broad SMARTS) is 1. The average Bonchev–Trinajstić information content (AvgIpc) is 2.82. The van der Waals surface area contributed by atoms with Crippen molar-refractivity contribution in [2.24, 2.45) is 0 Å². The number of rotatable bonds is 2. The van der Waals surface area contributed by atoms with Gasteiger partial charge in [-0.05, 0) is 24.3 Å². The summed E-state index contributed by atoms with van der Waals surface area (Å²) in [6.07, 6.45) is 1.57. The molecule has 3 rings (SSSR count). The van der Waals surface area contributed by atoms with Crippen LogP contribution in [0.2, 0.25) is 0 Å². The number of carbonyl (C=O) groups is 1. The van der Waals surface area contributed by atoms with E-state index < -0.39 is 5.97 Å². The highest BCUT2D eigenvalue weighted by molar-refractivity contribution is 5.88. The molecule has 0 fully saturated rings. The normalized spacial score (nSPS) is 10.7. The van der Waals surface area contributed by atoms with Gasteiger partial charge in [0.1, 0.15) is 5.75 Å². The summed E-state index contributed by atoms with van der Waals surface area (Å²) in [4.78, 5) is 10.9. The van der Waals surface area contributed by atoms with Crippen LogP contribution in [0.25, 0.3) is 17.0 Å². The first-order valence-corrected chi connectivity index (χ1v) is 5.53. The number of para-hydroxylation sites is 1. The van der Waals surface area contributed by atoms with E-state index in [4.69, 9.17) is 5.11 Å². The number of aromatic carboxylic acids is 1. The molecule has 0 aliphatic heterocycles. The summed E-state index contributed by atoms with van der Waals surface area (Å²) in [6, 6.07) is 9.66. The van der Waals surface area contributed by atoms with Crippen LogP contribution < -0.4 is 0 Å². The van der Waals surface area contributed by atoms with E-state index in [2.05, 4.69) is 10.2 Å². The number of aromatic hydroxyl groups is 1. The maximum absolute atomic E-state index is 10.9. The van der Waals surface area contributed by atoms with E-state index in [1.165, 1.54) is 12.1 Å². The molecule has 2 N–H and O–H groups in total. The molecule has 2 heterocycles. The number of hydrogen-bond acceptors (Lipinski definition) is 4. The number of benzene rings is 1. The van der Waals surface area contributed by atoms with Crippen LogP contribution in [0.1, 0.15) is 10.4 Å². The molecule has 0 unspecified atom stereocenters. The maximum atomic E-state index is 10.9. The van der Waals surface area contributed by atoms with Gasteiger partial charge in [0.05, 0.1) is 11.1 Å². The lowest BCUT2D eigenvalue weighted by molar-refractivity contribution is 0.0697. The van der Waals surface area contributed by atoms with Crippen LogP contribution in [0, 0.1) is 0 Å². The van der Waals surface area contributed by atoms with Crippen molar-refractivity contribution in [3.8, 4) is 17.1 Å².